The van der Waals surface area contributed by atoms with Crippen LogP contribution >= 0.6 is 11.6 Å². The summed E-state index contributed by atoms with van der Waals surface area (Å²) in [6.07, 6.45) is 1.61. The Morgan fingerprint density at radius 2 is 2.07 bits per heavy atom. The van der Waals surface area contributed by atoms with E-state index in [1.54, 1.807) is 31.3 Å². The highest BCUT2D eigenvalue weighted by atomic mass is 35.5. The Labute approximate surface area is 92.7 Å². The molecule has 0 spiro atoms. The molecule has 0 bridgehead atoms. The highest BCUT2D eigenvalue weighted by molar-refractivity contribution is 6.69. The van der Waals surface area contributed by atoms with E-state index in [2.05, 4.69) is 15.2 Å². The molecule has 0 amide bonds. The number of Topliss-reactive ketones (excluding diaryl/α,β-unsaturated/α-hetero) is 1. The van der Waals surface area contributed by atoms with Crippen LogP contribution in [0, 0.1) is 0 Å². The van der Waals surface area contributed by atoms with E-state index in [4.69, 9.17) is 11.6 Å². The van der Waals surface area contributed by atoms with E-state index in [0.29, 0.717) is 11.4 Å². The van der Waals surface area contributed by atoms with Gasteiger partial charge in [0.25, 0.3) is 0 Å². The SMILES string of the molecule is CC(=O)/C(C)=N\N=C(/Cl)c1ccccn1. The Kier molecular flexibility index (Phi) is 4.12. The van der Waals surface area contributed by atoms with Crippen LogP contribution in [0.15, 0.2) is 34.6 Å². The molecule has 5 heteroatoms. The van der Waals surface area contributed by atoms with Crippen LogP contribution in [0.2, 0.25) is 0 Å². The van der Waals surface area contributed by atoms with Crippen LogP contribution < -0.4 is 0 Å². The lowest BCUT2D eigenvalue weighted by molar-refractivity contribution is -0.111. The maximum Gasteiger partial charge on any atom is 0.177 e. The Hall–Kier alpha value is -1.55. The summed E-state index contributed by atoms with van der Waals surface area (Å²) < 4.78 is 0. The van der Waals surface area contributed by atoms with Crippen LogP contribution in [0.25, 0.3) is 0 Å². The van der Waals surface area contributed by atoms with Crippen molar-refractivity contribution in [1.29, 1.82) is 0 Å². The van der Waals surface area contributed by atoms with Crippen LogP contribution in [0.5, 0.6) is 0 Å². The van der Waals surface area contributed by atoms with Crippen LogP contribution in [-0.2, 0) is 4.79 Å². The molecule has 0 saturated heterocycles. The van der Waals surface area contributed by atoms with Crippen LogP contribution in [-0.4, -0.2) is 21.6 Å². The molecule has 1 rings (SSSR count). The number of halogens is 1. The van der Waals surface area contributed by atoms with Gasteiger partial charge in [-0.3, -0.25) is 9.78 Å². The molecule has 0 aliphatic heterocycles. The summed E-state index contributed by atoms with van der Waals surface area (Å²) in [5.74, 6) is -0.135. The molecule has 0 aliphatic carbocycles. The van der Waals surface area contributed by atoms with Gasteiger partial charge in [0.05, 0.1) is 0 Å². The van der Waals surface area contributed by atoms with Gasteiger partial charge in [0.15, 0.2) is 11.0 Å². The summed E-state index contributed by atoms with van der Waals surface area (Å²) in [7, 11) is 0. The number of ketones is 1. The first-order valence-electron chi connectivity index (χ1n) is 4.31. The quantitative estimate of drug-likeness (QED) is 0.582. The lowest BCUT2D eigenvalue weighted by Gasteiger charge is -1.94. The van der Waals surface area contributed by atoms with E-state index in [9.17, 15) is 4.79 Å². The molecule has 0 N–H and O–H groups in total. The van der Waals surface area contributed by atoms with Gasteiger partial charge in [0.2, 0.25) is 0 Å². The molecule has 4 nitrogen and oxygen atoms in total. The number of rotatable bonds is 3. The third-order valence-corrected chi connectivity index (χ3v) is 1.94. The van der Waals surface area contributed by atoms with Gasteiger partial charge < -0.3 is 0 Å². The number of pyridine rings is 1. The van der Waals surface area contributed by atoms with Gasteiger partial charge in [-0.2, -0.15) is 5.10 Å². The van der Waals surface area contributed by atoms with Gasteiger partial charge in [-0.15, -0.1) is 5.10 Å². The van der Waals surface area contributed by atoms with Gasteiger partial charge >= 0.3 is 0 Å². The monoisotopic (exact) mass is 223 g/mol. The molecule has 78 valence electrons. The van der Waals surface area contributed by atoms with Crippen molar-refractivity contribution < 1.29 is 4.79 Å². The van der Waals surface area contributed by atoms with Crippen molar-refractivity contribution in [3.63, 3.8) is 0 Å². The highest BCUT2D eigenvalue weighted by Gasteiger charge is 2.00. The minimum absolute atomic E-state index is 0.135. The summed E-state index contributed by atoms with van der Waals surface area (Å²) in [4.78, 5) is 14.8. The van der Waals surface area contributed by atoms with E-state index >= 15 is 0 Å². The standard InChI is InChI=1S/C10H10ClN3O/c1-7(8(2)15)13-14-10(11)9-5-3-4-6-12-9/h3-6H,1-2H3/b13-7-,14-10-. The first-order chi connectivity index (χ1) is 7.11. The minimum atomic E-state index is -0.135. The largest absolute Gasteiger partial charge is 0.293 e. The van der Waals surface area contributed by atoms with Gasteiger partial charge in [0, 0.05) is 13.1 Å². The Bertz CT molecular complexity index is 412. The molecule has 0 unspecified atom stereocenters. The third-order valence-electron chi connectivity index (χ3n) is 1.67. The first-order valence-corrected chi connectivity index (χ1v) is 4.69. The van der Waals surface area contributed by atoms with Crippen molar-refractivity contribution in [2.75, 3.05) is 0 Å². The Morgan fingerprint density at radius 1 is 1.33 bits per heavy atom. The van der Waals surface area contributed by atoms with Gasteiger partial charge in [0.1, 0.15) is 11.4 Å². The fraction of sp³-hybridized carbons (Fsp3) is 0.200. The molecular weight excluding hydrogens is 214 g/mol. The fourth-order valence-corrected chi connectivity index (χ4v) is 0.875. The third kappa shape index (κ3) is 3.59. The first kappa shape index (κ1) is 11.5. The molecule has 1 aromatic rings. The average molecular weight is 224 g/mol. The molecular formula is C10H10ClN3O. The van der Waals surface area contributed by atoms with Crippen molar-refractivity contribution in [2.24, 2.45) is 10.2 Å². The predicted molar refractivity (Wildman–Crippen MR) is 60.4 cm³/mol. The number of carbonyl (C=O) groups is 1. The number of aromatic nitrogens is 1. The zero-order valence-corrected chi connectivity index (χ0v) is 9.19. The molecule has 0 aromatic carbocycles. The molecule has 0 radical (unpaired) electrons. The van der Waals surface area contributed by atoms with E-state index in [0.717, 1.165) is 0 Å². The Morgan fingerprint density at radius 3 is 2.60 bits per heavy atom. The molecule has 0 atom stereocenters. The van der Waals surface area contributed by atoms with Crippen LogP contribution in [0.3, 0.4) is 0 Å². The van der Waals surface area contributed by atoms with Gasteiger partial charge in [-0.05, 0) is 19.1 Å². The molecule has 1 aromatic heterocycles. The van der Waals surface area contributed by atoms with Gasteiger partial charge in [-0.25, -0.2) is 0 Å². The van der Waals surface area contributed by atoms with Crippen molar-refractivity contribution >= 4 is 28.3 Å². The topological polar surface area (TPSA) is 54.7 Å². The maximum absolute atomic E-state index is 10.8. The normalized spacial score (nSPS) is 12.7. The number of hydrogen-bond acceptors (Lipinski definition) is 4. The highest BCUT2D eigenvalue weighted by Crippen LogP contribution is 2.01. The van der Waals surface area contributed by atoms with Crippen molar-refractivity contribution in [2.45, 2.75) is 13.8 Å². The molecule has 0 fully saturated rings. The van der Waals surface area contributed by atoms with Crippen molar-refractivity contribution in [3.8, 4) is 0 Å². The van der Waals surface area contributed by atoms with Crippen LogP contribution in [0.4, 0.5) is 0 Å². The van der Waals surface area contributed by atoms with E-state index < -0.39 is 0 Å². The fourth-order valence-electron chi connectivity index (χ4n) is 0.725. The number of carbonyl (C=O) groups excluding carboxylic acids is 1. The molecule has 1 heterocycles. The second-order valence-corrected chi connectivity index (χ2v) is 3.21. The summed E-state index contributed by atoms with van der Waals surface area (Å²) in [5.41, 5.74) is 0.836. The lowest BCUT2D eigenvalue weighted by atomic mass is 10.3. The van der Waals surface area contributed by atoms with E-state index in [1.165, 1.54) is 6.92 Å². The molecule has 0 saturated carbocycles. The summed E-state index contributed by atoms with van der Waals surface area (Å²) >= 11 is 5.82. The zero-order valence-electron chi connectivity index (χ0n) is 8.44. The second-order valence-electron chi connectivity index (χ2n) is 2.85. The maximum atomic E-state index is 10.8. The summed E-state index contributed by atoms with van der Waals surface area (Å²) in [6, 6.07) is 5.28. The second kappa shape index (κ2) is 5.36. The summed E-state index contributed by atoms with van der Waals surface area (Å²) in [5, 5.41) is 7.55. The molecule has 0 aliphatic rings. The predicted octanol–water partition coefficient (Wildman–Crippen LogP) is 2.03. The van der Waals surface area contributed by atoms with Crippen LogP contribution in [0.1, 0.15) is 19.5 Å². The summed E-state index contributed by atoms with van der Waals surface area (Å²) in [6.45, 7) is 3.00. The average Bonchev–Trinajstić information content (AvgIpc) is 2.26. The number of hydrogen-bond donors (Lipinski definition) is 0. The van der Waals surface area contributed by atoms with Gasteiger partial charge in [-0.1, -0.05) is 17.7 Å². The van der Waals surface area contributed by atoms with E-state index in [-0.39, 0.29) is 11.0 Å². The zero-order chi connectivity index (χ0) is 11.3. The minimum Gasteiger partial charge on any atom is -0.293 e. The molecule has 15 heavy (non-hydrogen) atoms. The van der Waals surface area contributed by atoms with Crippen molar-refractivity contribution in [3.05, 3.63) is 30.1 Å². The Balaban J connectivity index is 2.86. The van der Waals surface area contributed by atoms with Crippen molar-refractivity contribution in [1.82, 2.24) is 4.98 Å². The van der Waals surface area contributed by atoms with E-state index in [1.807, 2.05) is 0 Å². The lowest BCUT2D eigenvalue weighted by Crippen LogP contribution is -2.04. The number of nitrogens with zero attached hydrogens (tertiary/aromatic N) is 3. The smallest absolute Gasteiger partial charge is 0.177 e.